The van der Waals surface area contributed by atoms with Gasteiger partial charge in [0.15, 0.2) is 0 Å². The monoisotopic (exact) mass is 360 g/mol. The van der Waals surface area contributed by atoms with Gasteiger partial charge in [0.1, 0.15) is 0 Å². The molecule has 106 valence electrons. The average Bonchev–Trinajstić information content (AvgIpc) is 2.53. The summed E-state index contributed by atoms with van der Waals surface area (Å²) < 4.78 is 5.95. The topological polar surface area (TPSA) is 26.3 Å². The van der Waals surface area contributed by atoms with Crippen LogP contribution in [0.2, 0.25) is 0 Å². The number of ether oxygens (including phenoxy) is 1. The summed E-state index contributed by atoms with van der Waals surface area (Å²) in [6, 6.07) is 16.1. The Morgan fingerprint density at radius 2 is 1.95 bits per heavy atom. The maximum absolute atomic E-state index is 12.1. The van der Waals surface area contributed by atoms with E-state index in [4.69, 9.17) is 4.74 Å². The first-order chi connectivity index (χ1) is 10.2. The Labute approximate surface area is 136 Å². The molecule has 1 aliphatic rings. The van der Waals surface area contributed by atoms with E-state index in [0.29, 0.717) is 5.57 Å². The van der Waals surface area contributed by atoms with Crippen LogP contribution >= 0.6 is 27.7 Å². The summed E-state index contributed by atoms with van der Waals surface area (Å²) in [5.74, 6) is -0.276. The van der Waals surface area contributed by atoms with Crippen LogP contribution in [-0.4, -0.2) is 13.1 Å². The number of carbonyl (C=O) groups is 1. The summed E-state index contributed by atoms with van der Waals surface area (Å²) in [7, 11) is 1.42. The molecule has 0 spiro atoms. The molecule has 0 amide bonds. The summed E-state index contributed by atoms with van der Waals surface area (Å²) in [6.07, 6.45) is 1.93. The van der Waals surface area contributed by atoms with Gasteiger partial charge in [-0.1, -0.05) is 46.3 Å². The lowest BCUT2D eigenvalue weighted by atomic mass is 10.0. The van der Waals surface area contributed by atoms with Crippen LogP contribution in [0.25, 0.3) is 6.08 Å². The highest BCUT2D eigenvalue weighted by Gasteiger charge is 2.28. The highest BCUT2D eigenvalue weighted by atomic mass is 79.9. The fourth-order valence-corrected chi connectivity index (χ4v) is 3.95. The molecule has 1 heterocycles. The molecular formula is C17H13BrO2S. The Bertz CT molecular complexity index is 710. The van der Waals surface area contributed by atoms with Crippen LogP contribution < -0.4 is 0 Å². The molecule has 1 aliphatic heterocycles. The van der Waals surface area contributed by atoms with Gasteiger partial charge in [-0.3, -0.25) is 0 Å². The van der Waals surface area contributed by atoms with E-state index in [0.717, 1.165) is 15.6 Å². The van der Waals surface area contributed by atoms with Crippen molar-refractivity contribution >= 4 is 39.7 Å². The lowest BCUT2D eigenvalue weighted by molar-refractivity contribution is -0.136. The lowest BCUT2D eigenvalue weighted by Crippen LogP contribution is -2.14. The molecule has 2 aromatic carbocycles. The summed E-state index contributed by atoms with van der Waals surface area (Å²) in [5.41, 5.74) is 2.83. The van der Waals surface area contributed by atoms with Gasteiger partial charge in [0, 0.05) is 9.37 Å². The number of thioether (sulfide) groups is 1. The van der Waals surface area contributed by atoms with E-state index in [1.807, 2.05) is 48.5 Å². The van der Waals surface area contributed by atoms with Gasteiger partial charge in [0.2, 0.25) is 0 Å². The quantitative estimate of drug-likeness (QED) is 0.715. The molecule has 4 heteroatoms. The van der Waals surface area contributed by atoms with Gasteiger partial charge in [0.05, 0.1) is 17.9 Å². The first kappa shape index (κ1) is 14.4. The van der Waals surface area contributed by atoms with Crippen LogP contribution in [0.4, 0.5) is 0 Å². The molecule has 3 rings (SSSR count). The highest BCUT2D eigenvalue weighted by molar-refractivity contribution is 9.10. The Balaban J connectivity index is 2.10. The predicted molar refractivity (Wildman–Crippen MR) is 89.2 cm³/mol. The molecule has 0 aromatic heterocycles. The van der Waals surface area contributed by atoms with E-state index in [1.165, 1.54) is 12.0 Å². The third-order valence-electron chi connectivity index (χ3n) is 3.33. The van der Waals surface area contributed by atoms with E-state index in [-0.39, 0.29) is 11.2 Å². The zero-order valence-electron chi connectivity index (χ0n) is 11.4. The van der Waals surface area contributed by atoms with Crippen molar-refractivity contribution in [3.05, 3.63) is 69.7 Å². The summed E-state index contributed by atoms with van der Waals surface area (Å²) in [5, 5.41) is -0.0349. The highest BCUT2D eigenvalue weighted by Crippen LogP contribution is 2.47. The van der Waals surface area contributed by atoms with E-state index in [1.54, 1.807) is 11.8 Å². The molecule has 0 bridgehead atoms. The van der Waals surface area contributed by atoms with Crippen LogP contribution in [-0.2, 0) is 9.53 Å². The van der Waals surface area contributed by atoms with Crippen molar-refractivity contribution in [2.45, 2.75) is 10.1 Å². The molecule has 0 saturated heterocycles. The van der Waals surface area contributed by atoms with E-state index >= 15 is 0 Å². The Morgan fingerprint density at radius 3 is 2.67 bits per heavy atom. The van der Waals surface area contributed by atoms with Gasteiger partial charge in [0.25, 0.3) is 0 Å². The standard InChI is InChI=1S/C17H13BrO2S/c1-20-17(19)14-10-12-9-13(18)7-8-15(12)21-16(14)11-5-3-2-4-6-11/h2-10,16H,1H3. The summed E-state index contributed by atoms with van der Waals surface area (Å²) in [4.78, 5) is 13.3. The zero-order chi connectivity index (χ0) is 14.8. The third-order valence-corrected chi connectivity index (χ3v) is 5.21. The maximum atomic E-state index is 12.1. The molecule has 0 aliphatic carbocycles. The molecule has 2 aromatic rings. The first-order valence-corrected chi connectivity index (χ1v) is 8.17. The number of hydrogen-bond donors (Lipinski definition) is 0. The van der Waals surface area contributed by atoms with E-state index < -0.39 is 0 Å². The Kier molecular flexibility index (Phi) is 4.17. The summed E-state index contributed by atoms with van der Waals surface area (Å²) >= 11 is 5.15. The second-order valence-corrected chi connectivity index (χ2v) is 6.74. The molecule has 21 heavy (non-hydrogen) atoms. The van der Waals surface area contributed by atoms with Crippen molar-refractivity contribution in [3.8, 4) is 0 Å². The molecule has 0 saturated carbocycles. The van der Waals surface area contributed by atoms with Crippen molar-refractivity contribution < 1.29 is 9.53 Å². The van der Waals surface area contributed by atoms with Gasteiger partial charge in [-0.15, -0.1) is 11.8 Å². The Morgan fingerprint density at radius 1 is 1.19 bits per heavy atom. The molecular weight excluding hydrogens is 348 g/mol. The number of carbonyl (C=O) groups excluding carboxylic acids is 1. The second kappa shape index (κ2) is 6.08. The number of fused-ring (bicyclic) bond motifs is 1. The number of hydrogen-bond acceptors (Lipinski definition) is 3. The molecule has 0 radical (unpaired) electrons. The van der Waals surface area contributed by atoms with E-state index in [2.05, 4.69) is 22.0 Å². The van der Waals surface area contributed by atoms with Crippen molar-refractivity contribution in [2.75, 3.05) is 7.11 Å². The second-order valence-electron chi connectivity index (χ2n) is 4.68. The van der Waals surface area contributed by atoms with Gasteiger partial charge < -0.3 is 4.74 Å². The number of rotatable bonds is 2. The van der Waals surface area contributed by atoms with Crippen LogP contribution in [0.3, 0.4) is 0 Å². The van der Waals surface area contributed by atoms with Crippen LogP contribution in [0.1, 0.15) is 16.4 Å². The smallest absolute Gasteiger partial charge is 0.335 e. The normalized spacial score (nSPS) is 16.9. The largest absolute Gasteiger partial charge is 0.466 e. The maximum Gasteiger partial charge on any atom is 0.335 e. The minimum absolute atomic E-state index is 0.0349. The number of esters is 1. The third kappa shape index (κ3) is 2.92. The van der Waals surface area contributed by atoms with Gasteiger partial charge in [-0.05, 0) is 35.4 Å². The van der Waals surface area contributed by atoms with Crippen molar-refractivity contribution in [3.63, 3.8) is 0 Å². The van der Waals surface area contributed by atoms with Gasteiger partial charge in [-0.25, -0.2) is 4.79 Å². The van der Waals surface area contributed by atoms with Gasteiger partial charge >= 0.3 is 5.97 Å². The zero-order valence-corrected chi connectivity index (χ0v) is 13.8. The SMILES string of the molecule is COC(=O)C1=Cc2cc(Br)ccc2SC1c1ccccc1. The molecule has 1 atom stereocenters. The minimum Gasteiger partial charge on any atom is -0.466 e. The van der Waals surface area contributed by atoms with Crippen molar-refractivity contribution in [2.24, 2.45) is 0 Å². The van der Waals surface area contributed by atoms with Crippen molar-refractivity contribution in [1.82, 2.24) is 0 Å². The molecule has 0 N–H and O–H groups in total. The molecule has 1 unspecified atom stereocenters. The molecule has 2 nitrogen and oxygen atoms in total. The van der Waals surface area contributed by atoms with Crippen LogP contribution in [0.15, 0.2) is 63.5 Å². The molecule has 0 fully saturated rings. The van der Waals surface area contributed by atoms with E-state index in [9.17, 15) is 4.79 Å². The predicted octanol–water partition coefficient (Wildman–Crippen LogP) is 4.85. The minimum atomic E-state index is -0.276. The first-order valence-electron chi connectivity index (χ1n) is 6.50. The lowest BCUT2D eigenvalue weighted by Gasteiger charge is -2.24. The fourth-order valence-electron chi connectivity index (χ4n) is 2.33. The fraction of sp³-hybridized carbons (Fsp3) is 0.118. The van der Waals surface area contributed by atoms with Crippen LogP contribution in [0, 0.1) is 0 Å². The van der Waals surface area contributed by atoms with Crippen LogP contribution in [0.5, 0.6) is 0 Å². The Hall–Kier alpha value is -1.52. The number of methoxy groups -OCH3 is 1. The van der Waals surface area contributed by atoms with Gasteiger partial charge in [-0.2, -0.15) is 0 Å². The number of halogens is 1. The average molecular weight is 361 g/mol. The van der Waals surface area contributed by atoms with Crippen molar-refractivity contribution in [1.29, 1.82) is 0 Å². The summed E-state index contributed by atoms with van der Waals surface area (Å²) in [6.45, 7) is 0. The number of benzene rings is 2.